The highest BCUT2D eigenvalue weighted by Gasteiger charge is 2.24. The van der Waals surface area contributed by atoms with Gasteiger partial charge in [0.15, 0.2) is 0 Å². The minimum atomic E-state index is -0.304. The lowest BCUT2D eigenvalue weighted by molar-refractivity contribution is 0.103. The maximum Gasteiger partial charge on any atom is 0.279 e. The monoisotopic (exact) mass is 613 g/mol. The van der Waals surface area contributed by atoms with Crippen LogP contribution in [-0.4, -0.2) is 65.5 Å². The third-order valence-corrected chi connectivity index (χ3v) is 9.37. The Bertz CT molecular complexity index is 2110. The zero-order chi connectivity index (χ0) is 31.2. The number of hydrogen-bond acceptors (Lipinski definition) is 8. The molecule has 46 heavy (non-hydrogen) atoms. The van der Waals surface area contributed by atoms with Crippen LogP contribution in [0.4, 0.5) is 0 Å². The minimum Gasteiger partial charge on any atom is -0.489 e. The second-order valence-electron chi connectivity index (χ2n) is 12.2. The number of aromatic amines is 1. The number of hydrogen-bond donors (Lipinski definition) is 2. The summed E-state index contributed by atoms with van der Waals surface area (Å²) in [6, 6.07) is 17.4. The molecule has 0 radical (unpaired) electrons. The van der Waals surface area contributed by atoms with Crippen LogP contribution >= 0.6 is 0 Å². The topological polar surface area (TPSA) is 122 Å². The molecule has 10 heteroatoms. The molecule has 4 aromatic heterocycles. The summed E-state index contributed by atoms with van der Waals surface area (Å²) in [5, 5.41) is 17.4. The number of pyridine rings is 1. The van der Waals surface area contributed by atoms with Crippen molar-refractivity contribution < 1.29 is 9.84 Å². The van der Waals surface area contributed by atoms with Crippen molar-refractivity contribution in [3.8, 4) is 34.1 Å². The van der Waals surface area contributed by atoms with Gasteiger partial charge in [0.05, 0.1) is 47.2 Å². The highest BCUT2D eigenvalue weighted by atomic mass is 16.5. The standard InChI is InChI=1S/C36H35N7O3/c1-2-42-14-12-25(13-15-42)46-26-9-11-31(37-19-26)32-17-29-34(38-21-39-35(29)41-32)28-4-3-5-33(30(28)20-44)43-36(45)27-10-8-23(22-6-7-22)16-24(27)18-40-43/h3-5,8-11,16-19,21-22,25,44H,2,6-7,12-15,20H2,1H3,(H,38,39,41). The molecule has 5 heterocycles. The first-order chi connectivity index (χ1) is 22.6. The number of rotatable bonds is 8. The van der Waals surface area contributed by atoms with Gasteiger partial charge in [-0.25, -0.2) is 9.97 Å². The molecule has 8 rings (SSSR count). The maximum absolute atomic E-state index is 13.6. The molecule has 1 saturated carbocycles. The Morgan fingerprint density at radius 1 is 0.957 bits per heavy atom. The van der Waals surface area contributed by atoms with Gasteiger partial charge in [0.2, 0.25) is 0 Å². The number of piperidine rings is 1. The second kappa shape index (κ2) is 11.8. The lowest BCUT2D eigenvalue weighted by atomic mass is 10.0. The summed E-state index contributed by atoms with van der Waals surface area (Å²) in [6.45, 7) is 5.09. The van der Waals surface area contributed by atoms with E-state index in [4.69, 9.17) is 4.74 Å². The summed E-state index contributed by atoms with van der Waals surface area (Å²) in [5.74, 6) is 1.35. The number of nitrogens with zero attached hydrogens (tertiary/aromatic N) is 6. The van der Waals surface area contributed by atoms with Crippen LogP contribution in [0.1, 0.15) is 49.7 Å². The average molecular weight is 614 g/mol. The molecule has 232 valence electrons. The van der Waals surface area contributed by atoms with Gasteiger partial charge >= 0.3 is 0 Å². The molecule has 0 bridgehead atoms. The summed E-state index contributed by atoms with van der Waals surface area (Å²) in [7, 11) is 0. The molecule has 0 spiro atoms. The van der Waals surface area contributed by atoms with Gasteiger partial charge in [-0.1, -0.05) is 25.1 Å². The molecule has 0 amide bonds. The fraction of sp³-hybridized carbons (Fsp3) is 0.306. The number of aromatic nitrogens is 6. The highest BCUT2D eigenvalue weighted by molar-refractivity contribution is 5.95. The first-order valence-electron chi connectivity index (χ1n) is 16.0. The SMILES string of the molecule is CCN1CCC(Oc2ccc(-c3cc4c(-c5cccc(-n6ncc7cc(C8CC8)ccc7c6=O)c5CO)ncnc4[nH]3)nc2)CC1. The molecule has 10 nitrogen and oxygen atoms in total. The fourth-order valence-electron chi connectivity index (χ4n) is 6.61. The summed E-state index contributed by atoms with van der Waals surface area (Å²) >= 11 is 0. The Balaban J connectivity index is 1.11. The lowest BCUT2D eigenvalue weighted by Gasteiger charge is -2.31. The van der Waals surface area contributed by atoms with Crippen LogP contribution in [0.15, 0.2) is 78.1 Å². The molecular weight excluding hydrogens is 578 g/mol. The van der Waals surface area contributed by atoms with Gasteiger partial charge < -0.3 is 19.7 Å². The van der Waals surface area contributed by atoms with Gasteiger partial charge in [-0.05, 0) is 80.1 Å². The Hall–Kier alpha value is -4.93. The Kier molecular flexibility index (Phi) is 7.31. The molecule has 2 N–H and O–H groups in total. The summed E-state index contributed by atoms with van der Waals surface area (Å²) in [6.07, 6.45) is 9.63. The van der Waals surface area contributed by atoms with Crippen molar-refractivity contribution in [3.05, 3.63) is 94.8 Å². The normalized spacial score (nSPS) is 16.0. The third kappa shape index (κ3) is 5.23. The van der Waals surface area contributed by atoms with E-state index < -0.39 is 0 Å². The number of ether oxygens (including phenoxy) is 1. The largest absolute Gasteiger partial charge is 0.489 e. The van der Waals surface area contributed by atoms with Gasteiger partial charge in [-0.15, -0.1) is 0 Å². The van der Waals surface area contributed by atoms with Crippen molar-refractivity contribution in [1.29, 1.82) is 0 Å². The smallest absolute Gasteiger partial charge is 0.279 e. The number of aliphatic hydroxyl groups excluding tert-OH is 1. The average Bonchev–Trinajstić information content (AvgIpc) is 3.86. The van der Waals surface area contributed by atoms with E-state index in [-0.39, 0.29) is 18.3 Å². The van der Waals surface area contributed by atoms with E-state index in [1.807, 2.05) is 42.5 Å². The van der Waals surface area contributed by atoms with Crippen LogP contribution in [0.2, 0.25) is 0 Å². The highest BCUT2D eigenvalue weighted by Crippen LogP contribution is 2.40. The molecule has 2 aromatic carbocycles. The van der Waals surface area contributed by atoms with Gasteiger partial charge in [0, 0.05) is 35.0 Å². The fourth-order valence-corrected chi connectivity index (χ4v) is 6.61. The van der Waals surface area contributed by atoms with Crippen molar-refractivity contribution >= 4 is 21.8 Å². The van der Waals surface area contributed by atoms with E-state index in [0.717, 1.165) is 60.4 Å². The first kappa shape index (κ1) is 28.5. The number of fused-ring (bicyclic) bond motifs is 2. The van der Waals surface area contributed by atoms with E-state index >= 15 is 0 Å². The van der Waals surface area contributed by atoms with E-state index in [2.05, 4.69) is 42.9 Å². The van der Waals surface area contributed by atoms with Crippen molar-refractivity contribution in [2.75, 3.05) is 19.6 Å². The van der Waals surface area contributed by atoms with Crippen LogP contribution in [0.3, 0.4) is 0 Å². The first-order valence-corrected chi connectivity index (χ1v) is 16.0. The quantitative estimate of drug-likeness (QED) is 0.227. The van der Waals surface area contributed by atoms with Crippen LogP contribution in [0, 0.1) is 0 Å². The van der Waals surface area contributed by atoms with Crippen LogP contribution in [-0.2, 0) is 6.61 Å². The summed E-state index contributed by atoms with van der Waals surface area (Å²) in [5.41, 5.74) is 5.62. The van der Waals surface area contributed by atoms with Crippen molar-refractivity contribution in [2.24, 2.45) is 0 Å². The van der Waals surface area contributed by atoms with Crippen LogP contribution in [0.5, 0.6) is 5.75 Å². The number of likely N-dealkylation sites (tertiary alicyclic amines) is 1. The van der Waals surface area contributed by atoms with Gasteiger partial charge in [-0.3, -0.25) is 9.78 Å². The minimum absolute atomic E-state index is 0.207. The predicted molar refractivity (Wildman–Crippen MR) is 177 cm³/mol. The van der Waals surface area contributed by atoms with Gasteiger partial charge in [-0.2, -0.15) is 9.78 Å². The number of aliphatic hydroxyl groups is 1. The molecule has 2 fully saturated rings. The number of H-pyrrole nitrogens is 1. The molecule has 6 aromatic rings. The molecule has 1 aliphatic carbocycles. The second-order valence-corrected chi connectivity index (χ2v) is 12.2. The van der Waals surface area contributed by atoms with Crippen LogP contribution in [0.25, 0.3) is 50.1 Å². The zero-order valence-electron chi connectivity index (χ0n) is 25.7. The maximum atomic E-state index is 13.6. The van der Waals surface area contributed by atoms with E-state index in [9.17, 15) is 9.90 Å². The Labute approximate surface area is 265 Å². The van der Waals surface area contributed by atoms with Crippen LogP contribution < -0.4 is 10.3 Å². The van der Waals surface area contributed by atoms with Gasteiger partial charge in [0.1, 0.15) is 23.8 Å². The third-order valence-electron chi connectivity index (χ3n) is 9.37. The zero-order valence-corrected chi connectivity index (χ0v) is 25.7. The molecule has 1 saturated heterocycles. The van der Waals surface area contributed by atoms with Gasteiger partial charge in [0.25, 0.3) is 5.56 Å². The van der Waals surface area contributed by atoms with E-state index in [1.54, 1.807) is 18.5 Å². The Morgan fingerprint density at radius 3 is 2.59 bits per heavy atom. The molecule has 0 atom stereocenters. The number of benzene rings is 2. The molecule has 1 aliphatic heterocycles. The molecular formula is C36H35N7O3. The molecule has 2 aliphatic rings. The van der Waals surface area contributed by atoms with E-state index in [1.165, 1.54) is 29.4 Å². The lowest BCUT2D eigenvalue weighted by Crippen LogP contribution is -2.37. The van der Waals surface area contributed by atoms with Crippen molar-refractivity contribution in [3.63, 3.8) is 0 Å². The van der Waals surface area contributed by atoms with Crippen molar-refractivity contribution in [2.45, 2.75) is 51.2 Å². The Morgan fingerprint density at radius 2 is 1.83 bits per heavy atom. The predicted octanol–water partition coefficient (Wildman–Crippen LogP) is 5.62. The molecule has 0 unspecified atom stereocenters. The summed E-state index contributed by atoms with van der Waals surface area (Å²) < 4.78 is 7.59. The van der Waals surface area contributed by atoms with Crippen molar-refractivity contribution in [1.82, 2.24) is 34.6 Å². The number of nitrogens with one attached hydrogen (secondary N) is 1. The summed E-state index contributed by atoms with van der Waals surface area (Å²) in [4.78, 5) is 33.2. The van der Waals surface area contributed by atoms with E-state index in [0.29, 0.717) is 39.5 Å².